The number of hydrogen-bond acceptors (Lipinski definition) is 5. The summed E-state index contributed by atoms with van der Waals surface area (Å²) < 4.78 is 5.67. The summed E-state index contributed by atoms with van der Waals surface area (Å²) in [5.74, 6) is -0.00283. The van der Waals surface area contributed by atoms with Gasteiger partial charge < -0.3 is 10.1 Å². The van der Waals surface area contributed by atoms with Gasteiger partial charge in [0.05, 0.1) is 11.3 Å². The second kappa shape index (κ2) is 8.67. The third kappa shape index (κ3) is 4.75. The number of carbonyl (C=O) groups excluding carboxylic acids is 2. The van der Waals surface area contributed by atoms with Gasteiger partial charge in [-0.2, -0.15) is 0 Å². The van der Waals surface area contributed by atoms with Crippen molar-refractivity contribution in [2.75, 3.05) is 17.2 Å². The van der Waals surface area contributed by atoms with Crippen LogP contribution in [0.15, 0.2) is 48.0 Å². The highest BCUT2D eigenvalue weighted by Gasteiger charge is 2.15. The predicted octanol–water partition coefficient (Wildman–Crippen LogP) is 4.34. The van der Waals surface area contributed by atoms with Crippen LogP contribution in [-0.2, 0) is 4.79 Å². The minimum absolute atomic E-state index is 0.147. The van der Waals surface area contributed by atoms with E-state index in [1.807, 2.05) is 32.9 Å². The fourth-order valence-electron chi connectivity index (χ4n) is 2.66. The Balaban J connectivity index is 1.66. The number of nitrogens with zero attached hydrogens (tertiary/aromatic N) is 1. The molecule has 0 radical (unpaired) electrons. The first-order chi connectivity index (χ1) is 13.4. The molecule has 144 valence electrons. The monoisotopic (exact) mass is 395 g/mol. The van der Waals surface area contributed by atoms with E-state index in [1.54, 1.807) is 35.8 Å². The van der Waals surface area contributed by atoms with Crippen molar-refractivity contribution in [1.29, 1.82) is 0 Å². The molecule has 1 aromatic heterocycles. The van der Waals surface area contributed by atoms with Crippen molar-refractivity contribution in [3.63, 3.8) is 0 Å². The Morgan fingerprint density at radius 2 is 1.79 bits per heavy atom. The average Bonchev–Trinajstić information content (AvgIpc) is 3.17. The number of benzene rings is 2. The number of thiazole rings is 1. The van der Waals surface area contributed by atoms with Gasteiger partial charge in [0.2, 0.25) is 0 Å². The molecule has 0 atom stereocenters. The van der Waals surface area contributed by atoms with Crippen molar-refractivity contribution in [2.45, 2.75) is 20.8 Å². The Kier molecular flexibility index (Phi) is 6.06. The smallest absolute Gasteiger partial charge is 0.262 e. The Labute approximate surface area is 167 Å². The predicted molar refractivity (Wildman–Crippen MR) is 111 cm³/mol. The molecule has 2 aromatic carbocycles. The third-order valence-corrected chi connectivity index (χ3v) is 4.94. The van der Waals surface area contributed by atoms with E-state index in [2.05, 4.69) is 15.6 Å². The maximum atomic E-state index is 12.5. The number of aromatic nitrogens is 1. The number of ether oxygens (including phenoxy) is 1. The van der Waals surface area contributed by atoms with Crippen LogP contribution >= 0.6 is 11.3 Å². The molecular weight excluding hydrogens is 374 g/mol. The quantitative estimate of drug-likeness (QED) is 0.651. The highest BCUT2D eigenvalue weighted by molar-refractivity contribution is 7.13. The molecule has 0 aliphatic heterocycles. The van der Waals surface area contributed by atoms with Crippen molar-refractivity contribution >= 4 is 34.0 Å². The molecular formula is C21H21N3O3S. The van der Waals surface area contributed by atoms with Crippen molar-refractivity contribution < 1.29 is 14.3 Å². The summed E-state index contributed by atoms with van der Waals surface area (Å²) in [5, 5.41) is 7.73. The highest BCUT2D eigenvalue weighted by atomic mass is 32.1. The van der Waals surface area contributed by atoms with Crippen LogP contribution in [0.2, 0.25) is 0 Å². The van der Waals surface area contributed by atoms with E-state index in [-0.39, 0.29) is 18.4 Å². The number of para-hydroxylation sites is 1. The lowest BCUT2D eigenvalue weighted by molar-refractivity contribution is -0.118. The number of aryl methyl sites for hydroxylation is 3. The van der Waals surface area contributed by atoms with Crippen molar-refractivity contribution in [3.05, 3.63) is 70.2 Å². The van der Waals surface area contributed by atoms with Gasteiger partial charge in [0.1, 0.15) is 5.75 Å². The number of nitrogens with one attached hydrogen (secondary N) is 2. The van der Waals surface area contributed by atoms with Crippen LogP contribution < -0.4 is 15.4 Å². The van der Waals surface area contributed by atoms with Crippen molar-refractivity contribution in [1.82, 2.24) is 4.98 Å². The molecule has 0 unspecified atom stereocenters. The van der Waals surface area contributed by atoms with Gasteiger partial charge in [-0.1, -0.05) is 18.2 Å². The molecule has 0 bridgehead atoms. The first-order valence-electron chi connectivity index (χ1n) is 8.74. The first kappa shape index (κ1) is 19.6. The topological polar surface area (TPSA) is 80.3 Å². The molecule has 2 amide bonds. The van der Waals surface area contributed by atoms with E-state index in [0.29, 0.717) is 22.1 Å². The SMILES string of the molecule is Cc1cc(C)c(OCC(=O)Nc2ccccc2C(=O)Nc2nccs2)cc1C. The molecule has 0 aliphatic carbocycles. The number of hydrogen-bond donors (Lipinski definition) is 2. The lowest BCUT2D eigenvalue weighted by Crippen LogP contribution is -2.23. The summed E-state index contributed by atoms with van der Waals surface area (Å²) in [6.07, 6.45) is 1.61. The maximum absolute atomic E-state index is 12.5. The third-order valence-electron chi connectivity index (χ3n) is 4.25. The van der Waals surface area contributed by atoms with Gasteiger partial charge in [0, 0.05) is 11.6 Å². The van der Waals surface area contributed by atoms with Crippen LogP contribution in [0.4, 0.5) is 10.8 Å². The molecule has 0 fully saturated rings. The maximum Gasteiger partial charge on any atom is 0.262 e. The first-order valence-corrected chi connectivity index (χ1v) is 9.62. The lowest BCUT2D eigenvalue weighted by atomic mass is 10.1. The van der Waals surface area contributed by atoms with E-state index in [0.717, 1.165) is 11.1 Å². The van der Waals surface area contributed by atoms with E-state index in [9.17, 15) is 9.59 Å². The summed E-state index contributed by atoms with van der Waals surface area (Å²) in [7, 11) is 0. The van der Waals surface area contributed by atoms with Gasteiger partial charge >= 0.3 is 0 Å². The molecule has 28 heavy (non-hydrogen) atoms. The van der Waals surface area contributed by atoms with E-state index in [1.165, 1.54) is 16.9 Å². The zero-order chi connectivity index (χ0) is 20.1. The Bertz CT molecular complexity index is 1000. The molecule has 1 heterocycles. The molecule has 0 spiro atoms. The van der Waals surface area contributed by atoms with Gasteiger partial charge in [-0.25, -0.2) is 4.98 Å². The Hall–Kier alpha value is -3.19. The van der Waals surface area contributed by atoms with Crippen molar-refractivity contribution in [2.24, 2.45) is 0 Å². The van der Waals surface area contributed by atoms with Crippen LogP contribution in [0.5, 0.6) is 5.75 Å². The molecule has 0 saturated heterocycles. The number of carbonyl (C=O) groups is 2. The minimum Gasteiger partial charge on any atom is -0.483 e. The molecule has 0 saturated carbocycles. The second-order valence-electron chi connectivity index (χ2n) is 6.38. The molecule has 0 aliphatic rings. The van der Waals surface area contributed by atoms with Gasteiger partial charge in [0.15, 0.2) is 11.7 Å². The van der Waals surface area contributed by atoms with Gasteiger partial charge in [0.25, 0.3) is 11.8 Å². The van der Waals surface area contributed by atoms with Gasteiger partial charge in [-0.15, -0.1) is 11.3 Å². The molecule has 7 heteroatoms. The van der Waals surface area contributed by atoms with Gasteiger partial charge in [-0.3, -0.25) is 14.9 Å². The summed E-state index contributed by atoms with van der Waals surface area (Å²) in [5.41, 5.74) is 4.02. The second-order valence-corrected chi connectivity index (χ2v) is 7.27. The summed E-state index contributed by atoms with van der Waals surface area (Å²) in [4.78, 5) is 28.9. The fraction of sp³-hybridized carbons (Fsp3) is 0.190. The number of rotatable bonds is 6. The van der Waals surface area contributed by atoms with Crippen LogP contribution in [0, 0.1) is 20.8 Å². The summed E-state index contributed by atoms with van der Waals surface area (Å²) >= 11 is 1.32. The van der Waals surface area contributed by atoms with E-state index < -0.39 is 0 Å². The molecule has 3 aromatic rings. The normalized spacial score (nSPS) is 10.4. The zero-order valence-electron chi connectivity index (χ0n) is 15.9. The standard InChI is InChI=1S/C21H21N3O3S/c1-13-10-15(3)18(11-14(13)2)27-12-19(25)23-17-7-5-4-6-16(17)20(26)24-21-22-8-9-28-21/h4-11H,12H2,1-3H3,(H,23,25)(H,22,24,26). The molecule has 2 N–H and O–H groups in total. The lowest BCUT2D eigenvalue weighted by Gasteiger charge is -2.13. The molecule has 3 rings (SSSR count). The average molecular weight is 395 g/mol. The largest absolute Gasteiger partial charge is 0.483 e. The highest BCUT2D eigenvalue weighted by Crippen LogP contribution is 2.23. The van der Waals surface area contributed by atoms with Crippen LogP contribution in [0.25, 0.3) is 0 Å². The van der Waals surface area contributed by atoms with Crippen molar-refractivity contribution in [3.8, 4) is 5.75 Å². The zero-order valence-corrected chi connectivity index (χ0v) is 16.7. The van der Waals surface area contributed by atoms with Crippen LogP contribution in [0.1, 0.15) is 27.0 Å². The summed E-state index contributed by atoms with van der Waals surface area (Å²) in [6, 6.07) is 10.8. The number of anilines is 2. The van der Waals surface area contributed by atoms with Crippen LogP contribution in [-0.4, -0.2) is 23.4 Å². The van der Waals surface area contributed by atoms with E-state index >= 15 is 0 Å². The number of amides is 2. The minimum atomic E-state index is -0.341. The van der Waals surface area contributed by atoms with Crippen LogP contribution in [0.3, 0.4) is 0 Å². The molecule has 6 nitrogen and oxygen atoms in total. The van der Waals surface area contributed by atoms with Gasteiger partial charge in [-0.05, 0) is 55.7 Å². The fourth-order valence-corrected chi connectivity index (χ4v) is 3.18. The Morgan fingerprint density at radius 3 is 2.54 bits per heavy atom. The van der Waals surface area contributed by atoms with E-state index in [4.69, 9.17) is 4.74 Å². The summed E-state index contributed by atoms with van der Waals surface area (Å²) in [6.45, 7) is 5.83. The Morgan fingerprint density at radius 1 is 1.04 bits per heavy atom.